The van der Waals surface area contributed by atoms with Gasteiger partial charge in [0.25, 0.3) is 0 Å². The molecule has 4 saturated carbocycles. The van der Waals surface area contributed by atoms with E-state index in [1.807, 2.05) is 6.92 Å². The number of carbonyl (C=O) groups is 2. The SMILES string of the molecule is CO[C@]1(C)C(OC2OC(C(=O)O)C(O)C(OC3OCC(O)C(O)C3O)C2OC2OC(CO)C(O)C(O)C2O)CCC2(C)C3CC=C4C5CC(C)(C)CC[C@]5(C(=O)O)[C@H](O)C[C@@]4(C)C3(C)CCC21. The number of rotatable bonds is 10. The molecule has 0 radical (unpaired) electrons. The van der Waals surface area contributed by atoms with Gasteiger partial charge in [0.05, 0.1) is 31.0 Å². The molecule has 0 bridgehead atoms. The molecule has 24 atom stereocenters. The van der Waals surface area contributed by atoms with Gasteiger partial charge in [0.1, 0.15) is 66.5 Å². The molecule has 382 valence electrons. The van der Waals surface area contributed by atoms with Crippen LogP contribution in [0.2, 0.25) is 0 Å². The number of carboxylic acids is 2. The molecule has 20 nitrogen and oxygen atoms in total. The van der Waals surface area contributed by atoms with Crippen molar-refractivity contribution in [3.8, 4) is 0 Å². The van der Waals surface area contributed by atoms with Crippen molar-refractivity contribution >= 4 is 11.9 Å². The molecule has 5 aliphatic carbocycles. The van der Waals surface area contributed by atoms with Gasteiger partial charge >= 0.3 is 11.9 Å². The maximum atomic E-state index is 13.2. The Kier molecular flexibility index (Phi) is 13.8. The van der Waals surface area contributed by atoms with Gasteiger partial charge in [0.2, 0.25) is 0 Å². The van der Waals surface area contributed by atoms with Gasteiger partial charge in [-0.1, -0.05) is 46.3 Å². The molecule has 8 rings (SSSR count). The fraction of sp³-hybridized carbons (Fsp3) is 0.915. The number of carboxylic acid groups (broad SMARTS) is 2. The summed E-state index contributed by atoms with van der Waals surface area (Å²) >= 11 is 0. The van der Waals surface area contributed by atoms with Crippen LogP contribution in [0.1, 0.15) is 99.3 Å². The minimum atomic E-state index is -2.10. The first kappa shape index (κ1) is 51.4. The molecule has 3 aliphatic heterocycles. The number of ether oxygens (including phenoxy) is 7. The van der Waals surface area contributed by atoms with E-state index in [-0.39, 0.29) is 28.6 Å². The highest BCUT2D eigenvalue weighted by atomic mass is 16.8. The minimum Gasteiger partial charge on any atom is -0.481 e. The summed E-state index contributed by atoms with van der Waals surface area (Å²) < 4.78 is 42.7. The Balaban J connectivity index is 1.12. The summed E-state index contributed by atoms with van der Waals surface area (Å²) in [5.41, 5.74) is -2.62. The molecule has 7 fully saturated rings. The smallest absolute Gasteiger partial charge is 0.335 e. The molecule has 67 heavy (non-hydrogen) atoms. The van der Waals surface area contributed by atoms with Crippen LogP contribution in [0.5, 0.6) is 0 Å². The average Bonchev–Trinajstić information content (AvgIpc) is 3.26. The number of hydrogen-bond acceptors (Lipinski definition) is 18. The molecule has 3 heterocycles. The van der Waals surface area contributed by atoms with E-state index in [4.69, 9.17) is 33.2 Å². The van der Waals surface area contributed by atoms with Crippen LogP contribution >= 0.6 is 0 Å². The van der Waals surface area contributed by atoms with Crippen molar-refractivity contribution in [2.45, 2.75) is 203 Å². The highest BCUT2D eigenvalue weighted by Crippen LogP contribution is 2.75. The van der Waals surface area contributed by atoms with E-state index < -0.39 is 145 Å². The van der Waals surface area contributed by atoms with Gasteiger partial charge in [-0.3, -0.25) is 4.79 Å². The van der Waals surface area contributed by atoms with Crippen molar-refractivity contribution in [3.63, 3.8) is 0 Å². The Labute approximate surface area is 390 Å². The summed E-state index contributed by atoms with van der Waals surface area (Å²) in [4.78, 5) is 26.0. The molecule has 20 unspecified atom stereocenters. The fourth-order valence-electron chi connectivity index (χ4n) is 14.8. The summed E-state index contributed by atoms with van der Waals surface area (Å²) in [6.07, 6.45) is -20.1. The van der Waals surface area contributed by atoms with Gasteiger partial charge < -0.3 is 89.3 Å². The van der Waals surface area contributed by atoms with E-state index in [0.29, 0.717) is 57.8 Å². The predicted molar refractivity (Wildman–Crippen MR) is 228 cm³/mol. The lowest BCUT2D eigenvalue weighted by Gasteiger charge is -2.71. The Morgan fingerprint density at radius 3 is 2.03 bits per heavy atom. The van der Waals surface area contributed by atoms with Crippen LogP contribution in [0.4, 0.5) is 0 Å². The summed E-state index contributed by atoms with van der Waals surface area (Å²) in [7, 11) is 1.56. The van der Waals surface area contributed by atoms with Crippen LogP contribution in [0.25, 0.3) is 0 Å². The van der Waals surface area contributed by atoms with E-state index >= 15 is 0 Å². The Bertz CT molecular complexity index is 1880. The molecule has 0 aromatic rings. The van der Waals surface area contributed by atoms with Crippen LogP contribution in [0.15, 0.2) is 11.6 Å². The summed E-state index contributed by atoms with van der Waals surface area (Å²) in [5.74, 6) is -3.04. The van der Waals surface area contributed by atoms with Crippen molar-refractivity contribution in [1.82, 2.24) is 0 Å². The lowest BCUT2D eigenvalue weighted by Crippen LogP contribution is -2.70. The number of allylic oxidation sites excluding steroid dienone is 2. The zero-order valence-electron chi connectivity index (χ0n) is 39.4. The third kappa shape index (κ3) is 7.86. The van der Waals surface area contributed by atoms with Crippen LogP contribution in [0.3, 0.4) is 0 Å². The maximum Gasteiger partial charge on any atom is 0.335 e. The highest BCUT2D eigenvalue weighted by Gasteiger charge is 2.72. The second kappa shape index (κ2) is 18.0. The third-order valence-electron chi connectivity index (χ3n) is 19.0. The van der Waals surface area contributed by atoms with E-state index in [2.05, 4.69) is 40.7 Å². The number of hydrogen-bond donors (Lipinski definition) is 11. The van der Waals surface area contributed by atoms with Crippen LogP contribution in [-0.4, -0.2) is 192 Å². The largest absolute Gasteiger partial charge is 0.481 e. The van der Waals surface area contributed by atoms with E-state index in [1.165, 1.54) is 0 Å². The van der Waals surface area contributed by atoms with Crippen molar-refractivity contribution in [3.05, 3.63) is 11.6 Å². The van der Waals surface area contributed by atoms with Gasteiger partial charge in [0.15, 0.2) is 25.0 Å². The summed E-state index contributed by atoms with van der Waals surface area (Å²) in [6, 6.07) is 0. The quantitative estimate of drug-likeness (QED) is 0.0997. The van der Waals surface area contributed by atoms with E-state index in [0.717, 1.165) is 5.57 Å². The molecule has 0 aromatic carbocycles. The maximum absolute atomic E-state index is 13.2. The van der Waals surface area contributed by atoms with E-state index in [9.17, 15) is 65.8 Å². The second-order valence-electron chi connectivity index (χ2n) is 22.7. The molecule has 11 N–H and O–H groups in total. The molecule has 3 saturated heterocycles. The molecule has 0 spiro atoms. The number of methoxy groups -OCH3 is 1. The Morgan fingerprint density at radius 1 is 0.716 bits per heavy atom. The monoisotopic (exact) mass is 958 g/mol. The second-order valence-corrected chi connectivity index (χ2v) is 22.7. The first-order valence-corrected chi connectivity index (χ1v) is 23.9. The predicted octanol–water partition coefficient (Wildman–Crippen LogP) is -0.213. The molecular formula is C47H74O20. The highest BCUT2D eigenvalue weighted by molar-refractivity contribution is 5.77. The number of aliphatic carboxylic acids is 2. The van der Waals surface area contributed by atoms with Crippen molar-refractivity contribution in [2.24, 2.45) is 44.8 Å². The molecular weight excluding hydrogens is 884 g/mol. The van der Waals surface area contributed by atoms with Crippen molar-refractivity contribution in [1.29, 1.82) is 0 Å². The average molecular weight is 959 g/mol. The van der Waals surface area contributed by atoms with Crippen LogP contribution in [0, 0.1) is 44.8 Å². The lowest BCUT2D eigenvalue weighted by molar-refractivity contribution is -0.394. The number of fused-ring (bicyclic) bond motifs is 7. The van der Waals surface area contributed by atoms with E-state index in [1.54, 1.807) is 7.11 Å². The zero-order chi connectivity index (χ0) is 49.1. The number of aliphatic hydroxyl groups is 9. The first-order valence-electron chi connectivity index (χ1n) is 23.9. The molecule has 0 aromatic heterocycles. The third-order valence-corrected chi connectivity index (χ3v) is 19.0. The summed E-state index contributed by atoms with van der Waals surface area (Å²) in [6.45, 7) is 11.7. The van der Waals surface area contributed by atoms with Crippen molar-refractivity contribution in [2.75, 3.05) is 20.3 Å². The van der Waals surface area contributed by atoms with Crippen LogP contribution < -0.4 is 0 Å². The standard InChI is InChI=1S/C47H74O20/c1-42(2)14-15-47(41(59)60)21(16-42)20-8-9-24-43(3)12-11-27(46(6,61-7)25(43)10-13-44(24,4)45(20,5)17-26(47)50)64-40-36(67-39-32(55)30(53)29(52)23(18-48)63-39)34(33(56)35(66-40)37(57)58)65-38-31(54)28(51)22(49)19-62-38/h8,21-36,38-40,48-56H,9-19H2,1-7H3,(H,57,58)(H,59,60)/t21?,22?,23?,24?,25?,26-,27?,28?,29?,30?,31?,32?,33?,34?,35?,36?,38?,39?,40?,43?,44?,45-,46+,47-/m1/s1. The fourth-order valence-corrected chi connectivity index (χ4v) is 14.8. The minimum absolute atomic E-state index is 0.0531. The van der Waals surface area contributed by atoms with Gasteiger partial charge in [0, 0.05) is 7.11 Å². The Hall–Kier alpha value is -1.96. The number of aliphatic hydroxyl groups excluding tert-OH is 9. The normalized spacial score (nSPS) is 54.1. The first-order chi connectivity index (χ1) is 31.3. The van der Waals surface area contributed by atoms with Gasteiger partial charge in [-0.05, 0) is 104 Å². The molecule has 20 heteroatoms. The molecule has 8 aliphatic rings. The van der Waals surface area contributed by atoms with Gasteiger partial charge in [-0.2, -0.15) is 0 Å². The Morgan fingerprint density at radius 2 is 1.39 bits per heavy atom. The topological polar surface area (TPSA) is 321 Å². The lowest BCUT2D eigenvalue weighted by atomic mass is 9.34. The summed E-state index contributed by atoms with van der Waals surface area (Å²) in [5, 5.41) is 119. The van der Waals surface area contributed by atoms with Gasteiger partial charge in [-0.15, -0.1) is 0 Å². The van der Waals surface area contributed by atoms with Crippen LogP contribution in [-0.2, 0) is 42.7 Å². The van der Waals surface area contributed by atoms with Crippen molar-refractivity contribution < 1.29 is 98.9 Å². The zero-order valence-corrected chi connectivity index (χ0v) is 39.4. The molecule has 0 amide bonds. The van der Waals surface area contributed by atoms with Gasteiger partial charge in [-0.25, -0.2) is 4.79 Å².